The molecule has 0 saturated heterocycles. The molecule has 4 rings (SSSR count). The lowest BCUT2D eigenvalue weighted by Crippen LogP contribution is -2.54. The van der Waals surface area contributed by atoms with Crippen LogP contribution in [0.4, 0.5) is 0 Å². The summed E-state index contributed by atoms with van der Waals surface area (Å²) in [5.74, 6) is -3.99. The Morgan fingerprint density at radius 3 is 1.76 bits per heavy atom. The monoisotopic (exact) mass is 684 g/mol. The summed E-state index contributed by atoms with van der Waals surface area (Å²) in [6, 6.07) is 32.3. The van der Waals surface area contributed by atoms with Gasteiger partial charge in [0.25, 0.3) is 11.8 Å². The quantitative estimate of drug-likeness (QED) is 0.129. The number of likely N-dealkylation sites (N-methyl/N-ethyl adjacent to an activating group) is 2. The van der Waals surface area contributed by atoms with Gasteiger partial charge in [-0.1, -0.05) is 121 Å². The molecular formula is C41H40N4O6. The lowest BCUT2D eigenvalue weighted by molar-refractivity contribution is -0.147. The second-order valence-electron chi connectivity index (χ2n) is 11.6. The first-order valence-electron chi connectivity index (χ1n) is 16.5. The van der Waals surface area contributed by atoms with Gasteiger partial charge in [0.05, 0.1) is 0 Å². The molecule has 5 amide bonds. The molecule has 4 aromatic carbocycles. The Hall–Kier alpha value is -6.38. The minimum atomic E-state index is -1.60. The zero-order valence-corrected chi connectivity index (χ0v) is 28.5. The van der Waals surface area contributed by atoms with Gasteiger partial charge < -0.3 is 16.0 Å². The van der Waals surface area contributed by atoms with Crippen LogP contribution in [-0.2, 0) is 41.6 Å². The van der Waals surface area contributed by atoms with Crippen molar-refractivity contribution in [3.05, 3.63) is 155 Å². The summed E-state index contributed by atoms with van der Waals surface area (Å²) in [6.45, 7) is 2.05. The Morgan fingerprint density at radius 1 is 0.706 bits per heavy atom. The third-order valence-electron chi connectivity index (χ3n) is 8.10. The van der Waals surface area contributed by atoms with Gasteiger partial charge in [-0.25, -0.2) is 4.79 Å². The minimum absolute atomic E-state index is 0.0815. The molecule has 0 radical (unpaired) electrons. The first-order chi connectivity index (χ1) is 24.8. The van der Waals surface area contributed by atoms with Gasteiger partial charge in [-0.05, 0) is 35.3 Å². The molecule has 0 spiro atoms. The van der Waals surface area contributed by atoms with Gasteiger partial charge in [-0.2, -0.15) is 0 Å². The standard InChI is InChI=1S/C41H40N4O6/c1-3-43-38(48)34(26-30-18-10-5-11-19-30)44-40(50)37(32-22-14-7-15-23-32)33(28-46)41(51)45(36(47)25-24-29-16-8-4-9-17-29)35(39(49)42-2)27-31-20-12-6-13-21-31/h4-25,34-35,37H,3,26-27H2,1-2H3,(H,42,49)(H,43,48)(H,44,50)/b25-24+. The smallest absolute Gasteiger partial charge is 0.269 e. The van der Waals surface area contributed by atoms with Gasteiger partial charge in [-0.3, -0.25) is 28.9 Å². The average Bonchev–Trinajstić information content (AvgIpc) is 3.16. The van der Waals surface area contributed by atoms with Crippen molar-refractivity contribution in [2.45, 2.75) is 37.8 Å². The van der Waals surface area contributed by atoms with E-state index in [0.29, 0.717) is 22.6 Å². The highest BCUT2D eigenvalue weighted by atomic mass is 16.2. The van der Waals surface area contributed by atoms with Crippen molar-refractivity contribution in [3.8, 4) is 0 Å². The number of imide groups is 1. The van der Waals surface area contributed by atoms with E-state index in [9.17, 15) is 28.8 Å². The van der Waals surface area contributed by atoms with Crippen LogP contribution >= 0.6 is 0 Å². The molecule has 3 N–H and O–H groups in total. The molecule has 260 valence electrons. The third-order valence-corrected chi connectivity index (χ3v) is 8.10. The van der Waals surface area contributed by atoms with Crippen LogP contribution in [-0.4, -0.2) is 66.1 Å². The topological polar surface area (TPSA) is 142 Å². The number of nitrogens with one attached hydrogen (secondary N) is 3. The van der Waals surface area contributed by atoms with Crippen LogP contribution < -0.4 is 16.0 Å². The fourth-order valence-electron chi connectivity index (χ4n) is 5.57. The van der Waals surface area contributed by atoms with Crippen LogP contribution in [0, 0.1) is 0 Å². The third kappa shape index (κ3) is 10.3. The molecular weight excluding hydrogens is 644 g/mol. The van der Waals surface area contributed by atoms with Crippen molar-refractivity contribution in [2.75, 3.05) is 13.6 Å². The van der Waals surface area contributed by atoms with Crippen LogP contribution in [0.25, 0.3) is 6.08 Å². The Bertz CT molecular complexity index is 1870. The second kappa shape index (κ2) is 19.0. The molecule has 4 aromatic rings. The summed E-state index contributed by atoms with van der Waals surface area (Å²) in [4.78, 5) is 83.2. The molecule has 0 aliphatic carbocycles. The maximum atomic E-state index is 14.6. The van der Waals surface area contributed by atoms with E-state index in [1.807, 2.05) is 24.3 Å². The number of rotatable bonds is 15. The van der Waals surface area contributed by atoms with E-state index >= 15 is 0 Å². The molecule has 0 heterocycles. The lowest BCUT2D eigenvalue weighted by Gasteiger charge is -2.30. The first kappa shape index (κ1) is 37.4. The van der Waals surface area contributed by atoms with Gasteiger partial charge in [-0.15, -0.1) is 0 Å². The van der Waals surface area contributed by atoms with E-state index in [2.05, 4.69) is 16.0 Å². The maximum absolute atomic E-state index is 14.6. The van der Waals surface area contributed by atoms with Gasteiger partial charge >= 0.3 is 0 Å². The number of benzene rings is 4. The highest BCUT2D eigenvalue weighted by Gasteiger charge is 2.41. The average molecular weight is 685 g/mol. The molecule has 3 unspecified atom stereocenters. The highest BCUT2D eigenvalue weighted by Crippen LogP contribution is 2.27. The Morgan fingerprint density at radius 2 is 1.24 bits per heavy atom. The SMILES string of the molecule is CCNC(=O)C(Cc1ccccc1)NC(=O)C(C(=C=O)C(=O)N(C(=O)/C=C/c1ccccc1)C(Cc1ccccc1)C(=O)NC)c1ccccc1. The number of hydrogen-bond donors (Lipinski definition) is 3. The van der Waals surface area contributed by atoms with E-state index in [4.69, 9.17) is 0 Å². The van der Waals surface area contributed by atoms with Crippen molar-refractivity contribution in [3.63, 3.8) is 0 Å². The fourth-order valence-corrected chi connectivity index (χ4v) is 5.57. The van der Waals surface area contributed by atoms with Crippen molar-refractivity contribution in [1.29, 1.82) is 0 Å². The van der Waals surface area contributed by atoms with Crippen molar-refractivity contribution in [1.82, 2.24) is 20.9 Å². The van der Waals surface area contributed by atoms with Crippen LogP contribution in [0.15, 0.2) is 133 Å². The number of carbonyl (C=O) groups excluding carboxylic acids is 6. The molecule has 0 fully saturated rings. The summed E-state index contributed by atoms with van der Waals surface area (Å²) in [5, 5.41) is 7.98. The molecule has 0 aromatic heterocycles. The van der Waals surface area contributed by atoms with Gasteiger partial charge in [0.1, 0.15) is 29.5 Å². The predicted octanol–water partition coefficient (Wildman–Crippen LogP) is 3.82. The van der Waals surface area contributed by atoms with E-state index in [-0.39, 0.29) is 18.4 Å². The molecule has 0 bridgehead atoms. The highest BCUT2D eigenvalue weighted by molar-refractivity contribution is 6.17. The van der Waals surface area contributed by atoms with Crippen LogP contribution in [0.1, 0.15) is 35.1 Å². The summed E-state index contributed by atoms with van der Waals surface area (Å²) in [5.41, 5.74) is 1.59. The normalized spacial score (nSPS) is 12.4. The molecule has 51 heavy (non-hydrogen) atoms. The predicted molar refractivity (Wildman–Crippen MR) is 194 cm³/mol. The first-order valence-corrected chi connectivity index (χ1v) is 16.5. The minimum Gasteiger partial charge on any atom is -0.357 e. The molecule has 0 saturated carbocycles. The number of carbonyl (C=O) groups is 5. The molecule has 3 atom stereocenters. The Kier molecular flexibility index (Phi) is 13.9. The second-order valence-corrected chi connectivity index (χ2v) is 11.6. The summed E-state index contributed by atoms with van der Waals surface area (Å²) < 4.78 is 0. The van der Waals surface area contributed by atoms with Gasteiger partial charge in [0, 0.05) is 32.5 Å². The van der Waals surface area contributed by atoms with Crippen molar-refractivity contribution < 1.29 is 28.8 Å². The summed E-state index contributed by atoms with van der Waals surface area (Å²) in [7, 11) is 1.37. The molecule has 10 nitrogen and oxygen atoms in total. The van der Waals surface area contributed by atoms with Gasteiger partial charge in [0.15, 0.2) is 0 Å². The summed E-state index contributed by atoms with van der Waals surface area (Å²) >= 11 is 0. The Balaban J connectivity index is 1.80. The molecule has 0 aliphatic heterocycles. The van der Waals surface area contributed by atoms with Crippen LogP contribution in [0.5, 0.6) is 0 Å². The number of amides is 5. The molecule has 10 heteroatoms. The van der Waals surface area contributed by atoms with E-state index in [1.165, 1.54) is 13.1 Å². The maximum Gasteiger partial charge on any atom is 0.269 e. The summed E-state index contributed by atoms with van der Waals surface area (Å²) in [6.07, 6.45) is 2.66. The van der Waals surface area contributed by atoms with Crippen molar-refractivity contribution in [2.24, 2.45) is 0 Å². The van der Waals surface area contributed by atoms with E-state index in [1.54, 1.807) is 110 Å². The molecule has 0 aliphatic rings. The van der Waals surface area contributed by atoms with Crippen LogP contribution in [0.3, 0.4) is 0 Å². The van der Waals surface area contributed by atoms with Crippen LogP contribution in [0.2, 0.25) is 0 Å². The number of nitrogens with zero attached hydrogens (tertiary/aromatic N) is 1. The van der Waals surface area contributed by atoms with Crippen molar-refractivity contribution >= 4 is 41.6 Å². The van der Waals surface area contributed by atoms with Gasteiger partial charge in [0.2, 0.25) is 17.7 Å². The largest absolute Gasteiger partial charge is 0.357 e. The zero-order chi connectivity index (χ0) is 36.6. The zero-order valence-electron chi connectivity index (χ0n) is 28.5. The number of hydrogen-bond acceptors (Lipinski definition) is 6. The lowest BCUT2D eigenvalue weighted by atomic mass is 9.88. The fraction of sp³-hybridized carbons (Fsp3) is 0.195. The Labute approximate surface area is 297 Å². The van der Waals surface area contributed by atoms with E-state index in [0.717, 1.165) is 11.6 Å². The van der Waals surface area contributed by atoms with E-state index < -0.39 is 53.1 Å².